The number of aromatic nitrogens is 3. The van der Waals surface area contributed by atoms with Crippen LogP contribution in [0.2, 0.25) is 5.02 Å². The van der Waals surface area contributed by atoms with Crippen molar-refractivity contribution in [3.63, 3.8) is 0 Å². The zero-order valence-electron chi connectivity index (χ0n) is 17.7. The molecule has 1 saturated heterocycles. The van der Waals surface area contributed by atoms with E-state index in [4.69, 9.17) is 16.6 Å². The van der Waals surface area contributed by atoms with E-state index in [0.717, 1.165) is 61.5 Å². The molecule has 0 bridgehead atoms. The molecule has 170 valence electrons. The molecule has 9 heteroatoms. The van der Waals surface area contributed by atoms with Crippen LogP contribution < -0.4 is 16.0 Å². The number of H-pyrrole nitrogens is 1. The Morgan fingerprint density at radius 1 is 1.12 bits per heavy atom. The van der Waals surface area contributed by atoms with Crippen LogP contribution in [-0.2, 0) is 4.79 Å². The third-order valence-corrected chi connectivity index (χ3v) is 6.60. The summed E-state index contributed by atoms with van der Waals surface area (Å²) in [6.45, 7) is 0.930. The molecule has 0 spiro atoms. The SMILES string of the molecule is Cl.O=C(N[C@H]1CCC[C@@H](Nc2ncc(Cl)c(-c3c[nH]c4ccccc34)n2)C1)[C@@H]1CCCN1. The minimum atomic E-state index is -0.0355. The van der Waals surface area contributed by atoms with Crippen molar-refractivity contribution in [2.24, 2.45) is 0 Å². The van der Waals surface area contributed by atoms with Gasteiger partial charge in [0.1, 0.15) is 0 Å². The van der Waals surface area contributed by atoms with Crippen molar-refractivity contribution < 1.29 is 4.79 Å². The highest BCUT2D eigenvalue weighted by Gasteiger charge is 2.28. The van der Waals surface area contributed by atoms with Crippen LogP contribution in [0.25, 0.3) is 22.2 Å². The number of amides is 1. The zero-order valence-corrected chi connectivity index (χ0v) is 19.3. The molecule has 32 heavy (non-hydrogen) atoms. The molecule has 0 unspecified atom stereocenters. The molecular weight excluding hydrogens is 447 g/mol. The Balaban J connectivity index is 0.00000245. The van der Waals surface area contributed by atoms with E-state index in [1.54, 1.807) is 6.20 Å². The minimum Gasteiger partial charge on any atom is -0.360 e. The number of aromatic amines is 1. The lowest BCUT2D eigenvalue weighted by Gasteiger charge is -2.31. The second-order valence-electron chi connectivity index (χ2n) is 8.50. The Labute approximate surface area is 198 Å². The molecule has 3 heterocycles. The van der Waals surface area contributed by atoms with E-state index in [1.165, 1.54) is 0 Å². The third kappa shape index (κ3) is 4.85. The summed E-state index contributed by atoms with van der Waals surface area (Å²) in [5, 5.41) is 11.6. The Morgan fingerprint density at radius 2 is 1.97 bits per heavy atom. The van der Waals surface area contributed by atoms with Gasteiger partial charge in [0.2, 0.25) is 11.9 Å². The molecule has 5 rings (SSSR count). The van der Waals surface area contributed by atoms with E-state index >= 15 is 0 Å². The average Bonchev–Trinajstić information content (AvgIpc) is 3.46. The predicted molar refractivity (Wildman–Crippen MR) is 130 cm³/mol. The van der Waals surface area contributed by atoms with Crippen LogP contribution in [0.3, 0.4) is 0 Å². The van der Waals surface area contributed by atoms with E-state index in [-0.39, 0.29) is 36.4 Å². The lowest BCUT2D eigenvalue weighted by Crippen LogP contribution is -2.48. The van der Waals surface area contributed by atoms with Crippen molar-refractivity contribution in [1.29, 1.82) is 0 Å². The van der Waals surface area contributed by atoms with Crippen molar-refractivity contribution in [2.75, 3.05) is 11.9 Å². The fraction of sp³-hybridized carbons (Fsp3) is 0.435. The van der Waals surface area contributed by atoms with Crippen LogP contribution >= 0.6 is 24.0 Å². The molecule has 1 aromatic carbocycles. The fourth-order valence-corrected chi connectivity index (χ4v) is 4.93. The van der Waals surface area contributed by atoms with E-state index in [1.807, 2.05) is 24.4 Å². The average molecular weight is 475 g/mol. The third-order valence-electron chi connectivity index (χ3n) is 6.32. The first-order chi connectivity index (χ1) is 15.2. The number of fused-ring (bicyclic) bond motifs is 1. The molecule has 7 nitrogen and oxygen atoms in total. The maximum absolute atomic E-state index is 12.5. The number of hydrogen-bond acceptors (Lipinski definition) is 5. The first kappa shape index (κ1) is 22.8. The number of nitrogens with one attached hydrogen (secondary N) is 4. The van der Waals surface area contributed by atoms with Gasteiger partial charge in [-0.2, -0.15) is 0 Å². The lowest BCUT2D eigenvalue weighted by molar-refractivity contribution is -0.123. The first-order valence-electron chi connectivity index (χ1n) is 11.1. The molecule has 1 saturated carbocycles. The summed E-state index contributed by atoms with van der Waals surface area (Å²) >= 11 is 6.45. The van der Waals surface area contributed by atoms with Crippen molar-refractivity contribution >= 4 is 46.8 Å². The lowest BCUT2D eigenvalue weighted by atomic mass is 9.91. The largest absolute Gasteiger partial charge is 0.360 e. The van der Waals surface area contributed by atoms with Gasteiger partial charge < -0.3 is 20.9 Å². The smallest absolute Gasteiger partial charge is 0.237 e. The molecule has 2 aromatic heterocycles. The van der Waals surface area contributed by atoms with Crippen molar-refractivity contribution in [3.05, 3.63) is 41.7 Å². The van der Waals surface area contributed by atoms with E-state index in [0.29, 0.717) is 16.7 Å². The van der Waals surface area contributed by atoms with Gasteiger partial charge in [-0.25, -0.2) is 9.97 Å². The summed E-state index contributed by atoms with van der Waals surface area (Å²) in [4.78, 5) is 24.9. The van der Waals surface area contributed by atoms with E-state index < -0.39 is 0 Å². The molecule has 4 N–H and O–H groups in total. The highest BCUT2D eigenvalue weighted by atomic mass is 35.5. The van der Waals surface area contributed by atoms with Gasteiger partial charge in [-0.1, -0.05) is 29.8 Å². The first-order valence-corrected chi connectivity index (χ1v) is 11.4. The van der Waals surface area contributed by atoms with Gasteiger partial charge in [0.15, 0.2) is 0 Å². The van der Waals surface area contributed by atoms with Gasteiger partial charge in [-0.15, -0.1) is 12.4 Å². The summed E-state index contributed by atoms with van der Waals surface area (Å²) in [6, 6.07) is 8.45. The van der Waals surface area contributed by atoms with Crippen LogP contribution in [0.4, 0.5) is 5.95 Å². The van der Waals surface area contributed by atoms with Crippen molar-refractivity contribution in [3.8, 4) is 11.3 Å². The van der Waals surface area contributed by atoms with Gasteiger partial charge >= 0.3 is 0 Å². The number of rotatable bonds is 5. The van der Waals surface area contributed by atoms with Crippen molar-refractivity contribution in [2.45, 2.75) is 56.7 Å². The second-order valence-corrected chi connectivity index (χ2v) is 8.91. The van der Waals surface area contributed by atoms with Gasteiger partial charge in [0.05, 0.1) is 23.0 Å². The summed E-state index contributed by atoms with van der Waals surface area (Å²) in [5.41, 5.74) is 2.72. The number of halogens is 2. The van der Waals surface area contributed by atoms with Crippen LogP contribution in [0, 0.1) is 0 Å². The summed E-state index contributed by atoms with van der Waals surface area (Å²) in [6.07, 6.45) is 9.56. The van der Waals surface area contributed by atoms with Gasteiger partial charge in [-0.05, 0) is 51.1 Å². The monoisotopic (exact) mass is 474 g/mol. The number of hydrogen-bond donors (Lipinski definition) is 4. The summed E-state index contributed by atoms with van der Waals surface area (Å²) in [5.74, 6) is 0.701. The molecule has 1 amide bonds. The number of carbonyl (C=O) groups is 1. The number of carbonyl (C=O) groups excluding carboxylic acids is 1. The standard InChI is InChI=1S/C23H27ClN6O.ClH/c24-18-13-27-23(30-21(18)17-12-26-19-8-2-1-7-16(17)19)29-15-6-3-5-14(11-15)28-22(31)20-9-4-10-25-20;/h1-2,7-8,12-15,20,25-26H,3-6,9-11H2,(H,28,31)(H,27,29,30);1H/t14-,15+,20-;/m0./s1. The normalized spacial score (nSPS) is 23.0. The highest BCUT2D eigenvalue weighted by molar-refractivity contribution is 6.33. The summed E-state index contributed by atoms with van der Waals surface area (Å²) in [7, 11) is 0. The molecule has 3 aromatic rings. The maximum Gasteiger partial charge on any atom is 0.237 e. The van der Waals surface area contributed by atoms with Gasteiger partial charge in [-0.3, -0.25) is 4.79 Å². The van der Waals surface area contributed by atoms with Crippen molar-refractivity contribution in [1.82, 2.24) is 25.6 Å². The molecule has 2 aliphatic rings. The molecule has 3 atom stereocenters. The summed E-state index contributed by atoms with van der Waals surface area (Å²) < 4.78 is 0. The Morgan fingerprint density at radius 3 is 2.81 bits per heavy atom. The Kier molecular flexibility index (Phi) is 7.18. The topological polar surface area (TPSA) is 94.7 Å². The quantitative estimate of drug-likeness (QED) is 0.442. The highest BCUT2D eigenvalue weighted by Crippen LogP contribution is 2.32. The number of para-hydroxylation sites is 1. The van der Waals surface area contributed by atoms with Crippen LogP contribution in [0.5, 0.6) is 0 Å². The van der Waals surface area contributed by atoms with Crippen LogP contribution in [-0.4, -0.2) is 45.5 Å². The molecule has 0 radical (unpaired) electrons. The Hall–Kier alpha value is -2.35. The zero-order chi connectivity index (χ0) is 21.2. The maximum atomic E-state index is 12.5. The second kappa shape index (κ2) is 10.1. The fourth-order valence-electron chi connectivity index (χ4n) is 4.74. The van der Waals surface area contributed by atoms with E-state index in [2.05, 4.69) is 32.0 Å². The van der Waals surface area contributed by atoms with Crippen LogP contribution in [0.15, 0.2) is 36.7 Å². The van der Waals surface area contributed by atoms with E-state index in [9.17, 15) is 4.79 Å². The predicted octanol–water partition coefficient (Wildman–Crippen LogP) is 4.29. The Bertz CT molecular complexity index is 1080. The minimum absolute atomic E-state index is 0. The number of nitrogens with zero attached hydrogens (tertiary/aromatic N) is 2. The van der Waals surface area contributed by atoms with Gasteiger partial charge in [0.25, 0.3) is 0 Å². The van der Waals surface area contributed by atoms with Crippen LogP contribution in [0.1, 0.15) is 38.5 Å². The molecule has 1 aliphatic carbocycles. The number of anilines is 1. The molecule has 1 aliphatic heterocycles. The van der Waals surface area contributed by atoms with Gasteiger partial charge in [0, 0.05) is 34.7 Å². The number of benzene rings is 1. The molecular formula is C23H28Cl2N6O. The molecule has 2 fully saturated rings.